The van der Waals surface area contributed by atoms with Crippen molar-refractivity contribution in [2.45, 2.75) is 35.8 Å². The average Bonchev–Trinajstić information content (AvgIpc) is 2.39. The summed E-state index contributed by atoms with van der Waals surface area (Å²) in [6, 6.07) is 8.97. The first kappa shape index (κ1) is 13.6. The Bertz CT molecular complexity index is 577. The first-order valence-corrected chi connectivity index (χ1v) is 8.29. The first-order valence-electron chi connectivity index (χ1n) is 5.95. The van der Waals surface area contributed by atoms with Crippen molar-refractivity contribution in [1.82, 2.24) is 0 Å². The summed E-state index contributed by atoms with van der Waals surface area (Å²) in [6.07, 6.45) is 3.10. The third kappa shape index (κ3) is 2.45. The third-order valence-corrected chi connectivity index (χ3v) is 6.69. The molecule has 1 aromatic carbocycles. The van der Waals surface area contributed by atoms with Crippen molar-refractivity contribution in [2.75, 3.05) is 0 Å². The number of halogens is 1. The Balaban J connectivity index is 2.43. The molecule has 1 aliphatic rings. The minimum atomic E-state index is -3.42. The van der Waals surface area contributed by atoms with E-state index in [0.717, 1.165) is 12.8 Å². The SMILES string of the molecule is N#CC1CCCCC1S(=O)(=O)c1ccccc1Br. The van der Waals surface area contributed by atoms with E-state index in [2.05, 4.69) is 22.0 Å². The minimum Gasteiger partial charge on any atom is -0.223 e. The smallest absolute Gasteiger partial charge is 0.183 e. The molecule has 0 amide bonds. The molecule has 3 nitrogen and oxygen atoms in total. The number of nitrogens with zero attached hydrogens (tertiary/aromatic N) is 1. The lowest BCUT2D eigenvalue weighted by Crippen LogP contribution is -2.32. The van der Waals surface area contributed by atoms with E-state index in [9.17, 15) is 8.42 Å². The van der Waals surface area contributed by atoms with Crippen molar-refractivity contribution in [3.63, 3.8) is 0 Å². The topological polar surface area (TPSA) is 57.9 Å². The number of sulfone groups is 1. The highest BCUT2D eigenvalue weighted by atomic mass is 79.9. The number of hydrogen-bond acceptors (Lipinski definition) is 3. The number of benzene rings is 1. The Morgan fingerprint density at radius 3 is 2.56 bits per heavy atom. The molecule has 96 valence electrons. The van der Waals surface area contributed by atoms with Crippen LogP contribution in [0.4, 0.5) is 0 Å². The molecule has 0 aliphatic heterocycles. The molecule has 0 N–H and O–H groups in total. The van der Waals surface area contributed by atoms with Gasteiger partial charge in [0.2, 0.25) is 0 Å². The highest BCUT2D eigenvalue weighted by Crippen LogP contribution is 2.35. The van der Waals surface area contributed by atoms with E-state index in [-0.39, 0.29) is 5.92 Å². The zero-order chi connectivity index (χ0) is 13.2. The molecule has 0 radical (unpaired) electrons. The fourth-order valence-electron chi connectivity index (χ4n) is 2.45. The second-order valence-electron chi connectivity index (χ2n) is 4.53. The predicted molar refractivity (Wildman–Crippen MR) is 72.7 cm³/mol. The summed E-state index contributed by atoms with van der Waals surface area (Å²) in [5, 5.41) is 8.55. The van der Waals surface area contributed by atoms with Crippen LogP contribution < -0.4 is 0 Å². The van der Waals surface area contributed by atoms with Crippen LogP contribution in [-0.4, -0.2) is 13.7 Å². The third-order valence-electron chi connectivity index (χ3n) is 3.41. The van der Waals surface area contributed by atoms with E-state index in [1.54, 1.807) is 24.3 Å². The van der Waals surface area contributed by atoms with Crippen molar-refractivity contribution < 1.29 is 8.42 Å². The quantitative estimate of drug-likeness (QED) is 0.837. The highest BCUT2D eigenvalue weighted by Gasteiger charge is 2.37. The van der Waals surface area contributed by atoms with Gasteiger partial charge in [-0.15, -0.1) is 0 Å². The lowest BCUT2D eigenvalue weighted by atomic mass is 9.90. The molecule has 0 aromatic heterocycles. The zero-order valence-corrected chi connectivity index (χ0v) is 12.2. The van der Waals surface area contributed by atoms with Gasteiger partial charge < -0.3 is 0 Å². The molecule has 2 rings (SSSR count). The van der Waals surface area contributed by atoms with Crippen molar-refractivity contribution in [1.29, 1.82) is 5.26 Å². The van der Waals surface area contributed by atoms with Gasteiger partial charge >= 0.3 is 0 Å². The molecule has 0 spiro atoms. The van der Waals surface area contributed by atoms with E-state index in [1.165, 1.54) is 0 Å². The van der Waals surface area contributed by atoms with Crippen LogP contribution in [0.3, 0.4) is 0 Å². The number of hydrogen-bond donors (Lipinski definition) is 0. The van der Waals surface area contributed by atoms with Crippen LogP contribution in [0.15, 0.2) is 33.6 Å². The largest absolute Gasteiger partial charge is 0.223 e. The van der Waals surface area contributed by atoms with Gasteiger partial charge in [-0.2, -0.15) is 5.26 Å². The summed E-state index contributed by atoms with van der Waals surface area (Å²) in [5.41, 5.74) is 0. The van der Waals surface area contributed by atoms with Gasteiger partial charge in [0, 0.05) is 4.47 Å². The second kappa shape index (κ2) is 5.41. The Labute approximate surface area is 116 Å². The van der Waals surface area contributed by atoms with Crippen LogP contribution in [-0.2, 0) is 9.84 Å². The van der Waals surface area contributed by atoms with Crippen LogP contribution in [0.25, 0.3) is 0 Å². The standard InChI is InChI=1S/C13H14BrNO2S/c14-11-6-2-4-8-13(11)18(16,17)12-7-3-1-5-10(12)9-15/h2,4,6,8,10,12H,1,3,5,7H2. The molecule has 0 saturated heterocycles. The van der Waals surface area contributed by atoms with Gasteiger partial charge in [-0.3, -0.25) is 0 Å². The Hall–Kier alpha value is -0.860. The Kier molecular flexibility index (Phi) is 4.08. The second-order valence-corrected chi connectivity index (χ2v) is 7.52. The number of nitriles is 1. The van der Waals surface area contributed by atoms with Gasteiger partial charge in [-0.1, -0.05) is 25.0 Å². The lowest BCUT2D eigenvalue weighted by molar-refractivity contribution is 0.418. The fourth-order valence-corrected chi connectivity index (χ4v) is 5.46. The molecule has 1 fully saturated rings. The van der Waals surface area contributed by atoms with E-state index >= 15 is 0 Å². The predicted octanol–water partition coefficient (Wildman–Crippen LogP) is 3.31. The van der Waals surface area contributed by atoms with Crippen LogP contribution in [0.1, 0.15) is 25.7 Å². The Morgan fingerprint density at radius 2 is 1.89 bits per heavy atom. The van der Waals surface area contributed by atoms with Crippen molar-refractivity contribution in [3.8, 4) is 6.07 Å². The normalized spacial score (nSPS) is 24.4. The summed E-state index contributed by atoms with van der Waals surface area (Å²) >= 11 is 3.28. The molecule has 5 heteroatoms. The number of rotatable bonds is 2. The zero-order valence-electron chi connectivity index (χ0n) is 9.84. The maximum atomic E-state index is 12.6. The fraction of sp³-hybridized carbons (Fsp3) is 0.462. The monoisotopic (exact) mass is 327 g/mol. The molecule has 1 aromatic rings. The van der Waals surface area contributed by atoms with Crippen LogP contribution in [0.2, 0.25) is 0 Å². The van der Waals surface area contributed by atoms with Gasteiger partial charge in [0.1, 0.15) is 0 Å². The van der Waals surface area contributed by atoms with E-state index < -0.39 is 15.1 Å². The summed E-state index contributed by atoms with van der Waals surface area (Å²) in [5.74, 6) is -0.379. The molecule has 2 unspecified atom stereocenters. The van der Waals surface area contributed by atoms with Crippen molar-refractivity contribution in [3.05, 3.63) is 28.7 Å². The van der Waals surface area contributed by atoms with Crippen LogP contribution in [0, 0.1) is 17.2 Å². The maximum Gasteiger partial charge on any atom is 0.183 e. The lowest BCUT2D eigenvalue weighted by Gasteiger charge is -2.26. The molecular formula is C13H14BrNO2S. The van der Waals surface area contributed by atoms with Gasteiger partial charge in [0.05, 0.1) is 22.1 Å². The molecular weight excluding hydrogens is 314 g/mol. The molecule has 1 saturated carbocycles. The molecule has 2 atom stereocenters. The van der Waals surface area contributed by atoms with Crippen molar-refractivity contribution >= 4 is 25.8 Å². The molecule has 0 heterocycles. The van der Waals surface area contributed by atoms with Gasteiger partial charge in [0.25, 0.3) is 0 Å². The van der Waals surface area contributed by atoms with Gasteiger partial charge in [-0.05, 0) is 40.9 Å². The highest BCUT2D eigenvalue weighted by molar-refractivity contribution is 9.10. The average molecular weight is 328 g/mol. The van der Waals surface area contributed by atoms with E-state index in [1.807, 2.05) is 0 Å². The van der Waals surface area contributed by atoms with Gasteiger partial charge in [0.15, 0.2) is 9.84 Å². The summed E-state index contributed by atoms with van der Waals surface area (Å²) in [4.78, 5) is 0.303. The summed E-state index contributed by atoms with van der Waals surface area (Å²) in [7, 11) is -3.42. The first-order chi connectivity index (χ1) is 8.57. The van der Waals surface area contributed by atoms with Crippen molar-refractivity contribution in [2.24, 2.45) is 5.92 Å². The minimum absolute atomic E-state index is 0.303. The van der Waals surface area contributed by atoms with Gasteiger partial charge in [-0.25, -0.2) is 8.42 Å². The summed E-state index contributed by atoms with van der Waals surface area (Å²) < 4.78 is 25.8. The molecule has 1 aliphatic carbocycles. The maximum absolute atomic E-state index is 12.6. The summed E-state index contributed by atoms with van der Waals surface area (Å²) in [6.45, 7) is 0. The Morgan fingerprint density at radius 1 is 1.22 bits per heavy atom. The van der Waals surface area contributed by atoms with Crippen LogP contribution in [0.5, 0.6) is 0 Å². The van der Waals surface area contributed by atoms with Crippen LogP contribution >= 0.6 is 15.9 Å². The van der Waals surface area contributed by atoms with E-state index in [0.29, 0.717) is 22.2 Å². The van der Waals surface area contributed by atoms with E-state index in [4.69, 9.17) is 5.26 Å². The molecule has 0 bridgehead atoms. The molecule has 18 heavy (non-hydrogen) atoms.